The van der Waals surface area contributed by atoms with Crippen molar-refractivity contribution >= 4 is 29.4 Å². The summed E-state index contributed by atoms with van der Waals surface area (Å²) in [6.07, 6.45) is 5.00. The number of carbonyl (C=O) groups is 3. The van der Waals surface area contributed by atoms with Gasteiger partial charge in [-0.3, -0.25) is 19.8 Å². The molecule has 1 aromatic rings. The molecule has 7 nitrogen and oxygen atoms in total. The summed E-state index contributed by atoms with van der Waals surface area (Å²) in [6, 6.07) is 3.52. The Morgan fingerprint density at radius 1 is 1.16 bits per heavy atom. The van der Waals surface area contributed by atoms with Crippen LogP contribution in [-0.4, -0.2) is 66.4 Å². The van der Waals surface area contributed by atoms with Gasteiger partial charge in [0.1, 0.15) is 5.82 Å². The minimum Gasteiger partial charge on any atom is -0.336 e. The molecule has 9 heteroatoms. The van der Waals surface area contributed by atoms with Gasteiger partial charge >= 0.3 is 6.03 Å². The Morgan fingerprint density at radius 3 is 2.56 bits per heavy atom. The number of fused-ring (bicyclic) bond motifs is 2. The Labute approximate surface area is 192 Å². The smallest absolute Gasteiger partial charge is 0.321 e. The minimum atomic E-state index is -0.605. The van der Waals surface area contributed by atoms with Gasteiger partial charge in [-0.15, -0.1) is 0 Å². The second-order valence-corrected chi connectivity index (χ2v) is 9.78. The summed E-state index contributed by atoms with van der Waals surface area (Å²) in [5.41, 5.74) is -0.0510. The third-order valence-electron chi connectivity index (χ3n) is 7.23. The number of nitrogens with zero attached hydrogens (tertiary/aromatic N) is 2. The van der Waals surface area contributed by atoms with Gasteiger partial charge in [-0.2, -0.15) is 0 Å². The molecule has 1 aromatic carbocycles. The van der Waals surface area contributed by atoms with Crippen molar-refractivity contribution in [3.63, 3.8) is 0 Å². The van der Waals surface area contributed by atoms with E-state index in [2.05, 4.69) is 10.6 Å². The fourth-order valence-corrected chi connectivity index (χ4v) is 5.74. The van der Waals surface area contributed by atoms with Crippen molar-refractivity contribution in [2.24, 2.45) is 17.8 Å². The average molecular weight is 465 g/mol. The van der Waals surface area contributed by atoms with Crippen LogP contribution < -0.4 is 10.6 Å². The molecule has 3 aliphatic rings. The predicted octanol–water partition coefficient (Wildman–Crippen LogP) is 2.89. The fraction of sp³-hybridized carbons (Fsp3) is 0.609. The number of halogens is 2. The molecule has 2 aliphatic carbocycles. The predicted molar refractivity (Wildman–Crippen MR) is 119 cm³/mol. The number of hydrogen-bond acceptors (Lipinski definition) is 4. The number of hydrogen-bond donors (Lipinski definition) is 2. The zero-order valence-corrected chi connectivity index (χ0v) is 19.0. The Hall–Kier alpha value is -2.19. The van der Waals surface area contributed by atoms with Crippen LogP contribution >= 0.6 is 11.6 Å². The molecule has 1 heterocycles. The Bertz CT molecular complexity index is 890. The van der Waals surface area contributed by atoms with E-state index in [1.165, 1.54) is 43.9 Å². The molecular formula is C23H30ClFN4O3. The van der Waals surface area contributed by atoms with Crippen LogP contribution in [0.1, 0.15) is 43.0 Å². The fourth-order valence-electron chi connectivity index (χ4n) is 5.57. The lowest BCUT2D eigenvalue weighted by Gasteiger charge is -2.34. The summed E-state index contributed by atoms with van der Waals surface area (Å²) in [5, 5.41) is 5.66. The van der Waals surface area contributed by atoms with Crippen molar-refractivity contribution in [1.29, 1.82) is 0 Å². The molecule has 1 aliphatic heterocycles. The molecule has 2 saturated carbocycles. The number of benzene rings is 1. The van der Waals surface area contributed by atoms with Gasteiger partial charge in [0.2, 0.25) is 5.91 Å². The van der Waals surface area contributed by atoms with E-state index in [-0.39, 0.29) is 24.1 Å². The monoisotopic (exact) mass is 464 g/mol. The molecule has 0 spiro atoms. The second kappa shape index (κ2) is 9.75. The summed E-state index contributed by atoms with van der Waals surface area (Å²) in [6.45, 7) is 3.75. The van der Waals surface area contributed by atoms with Gasteiger partial charge in [-0.1, -0.05) is 18.0 Å². The molecule has 0 radical (unpaired) electrons. The summed E-state index contributed by atoms with van der Waals surface area (Å²) in [4.78, 5) is 40.6. The van der Waals surface area contributed by atoms with Gasteiger partial charge in [0.25, 0.3) is 5.91 Å². The molecule has 0 aromatic heterocycles. The maximum Gasteiger partial charge on any atom is 0.321 e. The zero-order valence-electron chi connectivity index (χ0n) is 18.3. The number of urea groups is 1. The number of nitrogens with one attached hydrogen (secondary N) is 2. The van der Waals surface area contributed by atoms with Gasteiger partial charge in [0, 0.05) is 37.2 Å². The quantitative estimate of drug-likeness (QED) is 0.702. The third-order valence-corrected chi connectivity index (χ3v) is 7.47. The number of imide groups is 1. The number of amides is 4. The van der Waals surface area contributed by atoms with Gasteiger partial charge in [-0.25, -0.2) is 9.18 Å². The van der Waals surface area contributed by atoms with E-state index in [9.17, 15) is 18.8 Å². The Balaban J connectivity index is 1.19. The highest BCUT2D eigenvalue weighted by molar-refractivity contribution is 6.31. The van der Waals surface area contributed by atoms with Crippen molar-refractivity contribution in [1.82, 2.24) is 20.4 Å². The number of piperazine rings is 1. The van der Waals surface area contributed by atoms with E-state index in [1.54, 1.807) is 4.90 Å². The van der Waals surface area contributed by atoms with Crippen molar-refractivity contribution in [3.05, 3.63) is 34.6 Å². The van der Waals surface area contributed by atoms with Crippen molar-refractivity contribution < 1.29 is 18.8 Å². The van der Waals surface area contributed by atoms with E-state index in [0.29, 0.717) is 43.0 Å². The lowest BCUT2D eigenvalue weighted by atomic mass is 9.84. The molecule has 4 atom stereocenters. The highest BCUT2D eigenvalue weighted by Crippen LogP contribution is 2.49. The van der Waals surface area contributed by atoms with E-state index in [0.717, 1.165) is 5.92 Å². The molecule has 2 bridgehead atoms. The molecule has 4 amide bonds. The maximum atomic E-state index is 14.0. The van der Waals surface area contributed by atoms with Crippen molar-refractivity contribution in [3.8, 4) is 0 Å². The topological polar surface area (TPSA) is 81.8 Å². The third kappa shape index (κ3) is 5.23. The first-order valence-electron chi connectivity index (χ1n) is 11.4. The van der Waals surface area contributed by atoms with Crippen LogP contribution in [0.4, 0.5) is 9.18 Å². The molecule has 174 valence electrons. The molecule has 4 unspecified atom stereocenters. The van der Waals surface area contributed by atoms with Crippen LogP contribution in [0.3, 0.4) is 0 Å². The van der Waals surface area contributed by atoms with Crippen LogP contribution in [0.5, 0.6) is 0 Å². The standard InChI is InChI=1S/C23H30ClFN4O3/c1-14(18-11-15-2-3-16(18)10-15)26-23(32)27-21(30)13-28-6-8-29(9-7-28)22(31)19-12-17(24)4-5-20(19)25/h4-5,12,14-16,18H,2-3,6-11,13H2,1H3,(H2,26,27,30,32). The average Bonchev–Trinajstić information content (AvgIpc) is 3.39. The highest BCUT2D eigenvalue weighted by Gasteiger charge is 2.42. The van der Waals surface area contributed by atoms with Gasteiger partial charge in [0.15, 0.2) is 0 Å². The van der Waals surface area contributed by atoms with E-state index >= 15 is 0 Å². The Morgan fingerprint density at radius 2 is 1.91 bits per heavy atom. The van der Waals surface area contributed by atoms with Crippen LogP contribution in [0.15, 0.2) is 18.2 Å². The zero-order chi connectivity index (χ0) is 22.8. The summed E-state index contributed by atoms with van der Waals surface area (Å²) < 4.78 is 14.0. The van der Waals surface area contributed by atoms with Gasteiger partial charge in [0.05, 0.1) is 12.1 Å². The van der Waals surface area contributed by atoms with Crippen LogP contribution in [0.2, 0.25) is 5.02 Å². The molecule has 1 saturated heterocycles. The van der Waals surface area contributed by atoms with E-state index in [4.69, 9.17) is 11.6 Å². The summed E-state index contributed by atoms with van der Waals surface area (Å²) in [7, 11) is 0. The first-order chi connectivity index (χ1) is 15.3. The molecule has 32 heavy (non-hydrogen) atoms. The maximum absolute atomic E-state index is 14.0. The molecular weight excluding hydrogens is 435 g/mol. The Kier molecular flexibility index (Phi) is 7.00. The highest BCUT2D eigenvalue weighted by atomic mass is 35.5. The minimum absolute atomic E-state index is 0.0510. The molecule has 2 N–H and O–H groups in total. The first kappa shape index (κ1) is 23.0. The molecule has 3 fully saturated rings. The number of rotatable bonds is 5. The number of carbonyl (C=O) groups excluding carboxylic acids is 3. The van der Waals surface area contributed by atoms with Crippen LogP contribution in [-0.2, 0) is 4.79 Å². The summed E-state index contributed by atoms with van der Waals surface area (Å²) >= 11 is 5.88. The normalized spacial score (nSPS) is 26.1. The van der Waals surface area contributed by atoms with E-state index < -0.39 is 17.8 Å². The lowest BCUT2D eigenvalue weighted by Crippen LogP contribution is -2.53. The second-order valence-electron chi connectivity index (χ2n) is 9.34. The van der Waals surface area contributed by atoms with Crippen molar-refractivity contribution in [2.45, 2.75) is 38.6 Å². The largest absolute Gasteiger partial charge is 0.336 e. The van der Waals surface area contributed by atoms with Crippen molar-refractivity contribution in [2.75, 3.05) is 32.7 Å². The molecule has 4 rings (SSSR count). The van der Waals surface area contributed by atoms with Gasteiger partial charge < -0.3 is 10.2 Å². The summed E-state index contributed by atoms with van der Waals surface area (Å²) in [5.74, 6) is 0.619. The van der Waals surface area contributed by atoms with Crippen LogP contribution in [0.25, 0.3) is 0 Å². The lowest BCUT2D eigenvalue weighted by molar-refractivity contribution is -0.121. The van der Waals surface area contributed by atoms with Crippen LogP contribution in [0, 0.1) is 23.6 Å². The SMILES string of the molecule is CC(NC(=O)NC(=O)CN1CCN(C(=O)c2cc(Cl)ccc2F)CC1)C1CC2CCC1C2. The van der Waals surface area contributed by atoms with E-state index in [1.807, 2.05) is 11.8 Å². The first-order valence-corrected chi connectivity index (χ1v) is 11.7. The van der Waals surface area contributed by atoms with Gasteiger partial charge in [-0.05, 0) is 62.1 Å².